The van der Waals surface area contributed by atoms with Crippen LogP contribution in [0.2, 0.25) is 10.0 Å². The molecule has 0 saturated heterocycles. The predicted octanol–water partition coefficient (Wildman–Crippen LogP) is 5.09. The van der Waals surface area contributed by atoms with Crippen LogP contribution < -0.4 is 10.6 Å². The zero-order chi connectivity index (χ0) is 17.8. The first kappa shape index (κ1) is 17.2. The third-order valence-electron chi connectivity index (χ3n) is 3.42. The minimum Gasteiger partial charge on any atom is -0.324 e. The van der Waals surface area contributed by atoms with E-state index in [4.69, 9.17) is 23.2 Å². The van der Waals surface area contributed by atoms with Gasteiger partial charge >= 0.3 is 0 Å². The fraction of sp³-hybridized carbons (Fsp3) is 0.0556. The molecule has 0 aliphatic rings. The van der Waals surface area contributed by atoms with Crippen molar-refractivity contribution in [1.82, 2.24) is 9.97 Å². The van der Waals surface area contributed by atoms with E-state index in [-0.39, 0.29) is 11.6 Å². The van der Waals surface area contributed by atoms with E-state index in [1.807, 2.05) is 19.1 Å². The van der Waals surface area contributed by atoms with E-state index in [1.165, 1.54) is 6.20 Å². The van der Waals surface area contributed by atoms with E-state index in [2.05, 4.69) is 20.6 Å². The Balaban J connectivity index is 1.75. The summed E-state index contributed by atoms with van der Waals surface area (Å²) in [7, 11) is 0. The molecule has 0 bridgehead atoms. The molecule has 3 rings (SSSR count). The summed E-state index contributed by atoms with van der Waals surface area (Å²) >= 11 is 11.9. The molecule has 7 heteroatoms. The lowest BCUT2D eigenvalue weighted by atomic mass is 10.2. The molecule has 25 heavy (non-hydrogen) atoms. The van der Waals surface area contributed by atoms with Gasteiger partial charge in [-0.2, -0.15) is 0 Å². The van der Waals surface area contributed by atoms with Gasteiger partial charge in [0, 0.05) is 27.6 Å². The molecule has 1 amide bonds. The lowest BCUT2D eigenvalue weighted by Crippen LogP contribution is -2.14. The maximum Gasteiger partial charge on any atom is 0.274 e. The Hall–Kier alpha value is -2.63. The second-order valence-electron chi connectivity index (χ2n) is 5.32. The van der Waals surface area contributed by atoms with Gasteiger partial charge in [0.05, 0.1) is 0 Å². The van der Waals surface area contributed by atoms with Gasteiger partial charge in [-0.25, -0.2) is 9.97 Å². The summed E-state index contributed by atoms with van der Waals surface area (Å²) in [6.45, 7) is 1.92. The number of benzene rings is 2. The van der Waals surface area contributed by atoms with Gasteiger partial charge in [-0.15, -0.1) is 0 Å². The number of hydrogen-bond acceptors (Lipinski definition) is 4. The van der Waals surface area contributed by atoms with Crippen LogP contribution in [0.5, 0.6) is 0 Å². The van der Waals surface area contributed by atoms with Crippen LogP contribution in [0.25, 0.3) is 0 Å². The average Bonchev–Trinajstić information content (AvgIpc) is 2.60. The average molecular weight is 373 g/mol. The van der Waals surface area contributed by atoms with Gasteiger partial charge in [-0.1, -0.05) is 29.3 Å². The summed E-state index contributed by atoms with van der Waals surface area (Å²) in [6, 6.07) is 13.9. The number of carbonyl (C=O) groups is 1. The molecule has 0 aliphatic carbocycles. The summed E-state index contributed by atoms with van der Waals surface area (Å²) in [4.78, 5) is 20.7. The molecule has 0 atom stereocenters. The third-order valence-corrected chi connectivity index (χ3v) is 4.08. The molecule has 5 nitrogen and oxygen atoms in total. The van der Waals surface area contributed by atoms with E-state index < -0.39 is 0 Å². The van der Waals surface area contributed by atoms with Gasteiger partial charge in [0.1, 0.15) is 5.69 Å². The fourth-order valence-electron chi connectivity index (χ4n) is 2.07. The minimum absolute atomic E-state index is 0.241. The Morgan fingerprint density at radius 1 is 1.00 bits per heavy atom. The van der Waals surface area contributed by atoms with Crippen LogP contribution in [-0.4, -0.2) is 15.9 Å². The topological polar surface area (TPSA) is 66.9 Å². The highest BCUT2D eigenvalue weighted by molar-refractivity contribution is 6.31. The molecule has 1 heterocycles. The number of hydrogen-bond donors (Lipinski definition) is 2. The number of nitrogens with one attached hydrogen (secondary N) is 2. The van der Waals surface area contributed by atoms with Gasteiger partial charge in [-0.3, -0.25) is 4.79 Å². The summed E-state index contributed by atoms with van der Waals surface area (Å²) in [5, 5.41) is 7.03. The maximum absolute atomic E-state index is 12.3. The first-order chi connectivity index (χ1) is 12.0. The Bertz CT molecular complexity index is 913. The molecular weight excluding hydrogens is 359 g/mol. The Morgan fingerprint density at radius 3 is 2.44 bits per heavy atom. The van der Waals surface area contributed by atoms with Crippen LogP contribution in [0.4, 0.5) is 17.3 Å². The fourth-order valence-corrected chi connectivity index (χ4v) is 2.38. The summed E-state index contributed by atoms with van der Waals surface area (Å²) in [5.74, 6) is -0.0293. The molecule has 0 fully saturated rings. The van der Waals surface area contributed by atoms with Crippen LogP contribution in [0, 0.1) is 6.92 Å². The Labute approximate surface area is 155 Å². The first-order valence-corrected chi connectivity index (χ1v) is 8.20. The molecule has 0 radical (unpaired) electrons. The van der Waals surface area contributed by atoms with Crippen LogP contribution in [0.15, 0.2) is 54.7 Å². The second-order valence-corrected chi connectivity index (χ2v) is 6.16. The van der Waals surface area contributed by atoms with Crippen LogP contribution in [-0.2, 0) is 0 Å². The number of carbonyl (C=O) groups excluding carboxylic acids is 1. The molecule has 1 aromatic heterocycles. The number of nitrogens with zero attached hydrogens (tertiary/aromatic N) is 2. The van der Waals surface area contributed by atoms with E-state index in [0.717, 1.165) is 11.3 Å². The maximum atomic E-state index is 12.3. The van der Waals surface area contributed by atoms with E-state index >= 15 is 0 Å². The van der Waals surface area contributed by atoms with Crippen molar-refractivity contribution in [2.45, 2.75) is 6.92 Å². The molecular formula is C18H14Cl2N4O. The largest absolute Gasteiger partial charge is 0.324 e. The Morgan fingerprint density at radius 2 is 1.72 bits per heavy atom. The smallest absolute Gasteiger partial charge is 0.274 e. The normalized spacial score (nSPS) is 10.4. The zero-order valence-corrected chi connectivity index (χ0v) is 14.8. The number of amides is 1. The van der Waals surface area contributed by atoms with Gasteiger partial charge in [0.15, 0.2) is 0 Å². The quantitative estimate of drug-likeness (QED) is 0.669. The Kier molecular flexibility index (Phi) is 5.16. The molecule has 126 valence electrons. The number of halogens is 2. The highest BCUT2D eigenvalue weighted by atomic mass is 35.5. The zero-order valence-electron chi connectivity index (χ0n) is 13.3. The van der Waals surface area contributed by atoms with Crippen LogP contribution >= 0.6 is 23.2 Å². The molecule has 0 spiro atoms. The van der Waals surface area contributed by atoms with Crippen LogP contribution in [0.3, 0.4) is 0 Å². The van der Waals surface area contributed by atoms with Crippen molar-refractivity contribution >= 4 is 46.4 Å². The molecule has 3 aromatic rings. The standard InChI is InChI=1S/C18H14Cl2N4O/c1-11-2-5-14(10-15(11)20)23-18-21-9-8-16(24-18)17(25)22-13-6-3-12(19)4-7-13/h2-10H,1H3,(H,22,25)(H,21,23,24). The minimum atomic E-state index is -0.338. The van der Waals surface area contributed by atoms with E-state index in [1.54, 1.807) is 36.4 Å². The van der Waals surface area contributed by atoms with E-state index in [9.17, 15) is 4.79 Å². The van der Waals surface area contributed by atoms with Crippen molar-refractivity contribution in [3.8, 4) is 0 Å². The van der Waals surface area contributed by atoms with Gasteiger partial charge < -0.3 is 10.6 Å². The van der Waals surface area contributed by atoms with E-state index in [0.29, 0.717) is 21.7 Å². The first-order valence-electron chi connectivity index (χ1n) is 7.44. The molecule has 0 unspecified atom stereocenters. The van der Waals surface area contributed by atoms with Crippen molar-refractivity contribution in [1.29, 1.82) is 0 Å². The second kappa shape index (κ2) is 7.51. The highest BCUT2D eigenvalue weighted by Crippen LogP contribution is 2.22. The number of aromatic nitrogens is 2. The number of anilines is 3. The third kappa shape index (κ3) is 4.47. The van der Waals surface area contributed by atoms with Gasteiger partial charge in [-0.05, 0) is 55.0 Å². The molecule has 0 saturated carbocycles. The SMILES string of the molecule is Cc1ccc(Nc2nccc(C(=O)Nc3ccc(Cl)cc3)n2)cc1Cl. The van der Waals surface area contributed by atoms with Crippen molar-refractivity contribution in [3.63, 3.8) is 0 Å². The number of rotatable bonds is 4. The van der Waals surface area contributed by atoms with Crippen LogP contribution in [0.1, 0.15) is 16.1 Å². The van der Waals surface area contributed by atoms with Gasteiger partial charge in [0.25, 0.3) is 5.91 Å². The highest BCUT2D eigenvalue weighted by Gasteiger charge is 2.10. The number of aryl methyl sites for hydroxylation is 1. The van der Waals surface area contributed by atoms with Gasteiger partial charge in [0.2, 0.25) is 5.95 Å². The molecule has 2 N–H and O–H groups in total. The monoisotopic (exact) mass is 372 g/mol. The summed E-state index contributed by atoms with van der Waals surface area (Å²) in [5.41, 5.74) is 2.59. The predicted molar refractivity (Wildman–Crippen MR) is 101 cm³/mol. The molecule has 2 aromatic carbocycles. The summed E-state index contributed by atoms with van der Waals surface area (Å²) < 4.78 is 0. The molecule has 0 aliphatic heterocycles. The van der Waals surface area contributed by atoms with Crippen molar-refractivity contribution in [2.24, 2.45) is 0 Å². The lowest BCUT2D eigenvalue weighted by Gasteiger charge is -2.08. The van der Waals surface area contributed by atoms with Crippen molar-refractivity contribution < 1.29 is 4.79 Å². The van der Waals surface area contributed by atoms with Crippen molar-refractivity contribution in [3.05, 3.63) is 76.0 Å². The lowest BCUT2D eigenvalue weighted by molar-refractivity contribution is 0.102. The van der Waals surface area contributed by atoms with Crippen molar-refractivity contribution in [2.75, 3.05) is 10.6 Å². The summed E-state index contributed by atoms with van der Waals surface area (Å²) in [6.07, 6.45) is 1.52.